The van der Waals surface area contributed by atoms with Crippen molar-refractivity contribution in [1.82, 2.24) is 4.98 Å². The molecule has 12 heavy (non-hydrogen) atoms. The highest BCUT2D eigenvalue weighted by Crippen LogP contribution is 2.08. The fourth-order valence-electron chi connectivity index (χ4n) is 1.11. The Balaban J connectivity index is 2.56. The number of pyridine rings is 1. The van der Waals surface area contributed by atoms with Gasteiger partial charge in [-0.3, -0.25) is 4.98 Å². The number of hydrogen-bond donors (Lipinski definition) is 0. The van der Waals surface area contributed by atoms with Crippen LogP contribution in [0.2, 0.25) is 0 Å². The van der Waals surface area contributed by atoms with Crippen LogP contribution in [0.5, 0.6) is 0 Å². The van der Waals surface area contributed by atoms with Crippen LogP contribution in [0.3, 0.4) is 0 Å². The number of hydrogen-bond acceptors (Lipinski definition) is 2. The van der Waals surface area contributed by atoms with E-state index >= 15 is 0 Å². The molecule has 64 valence electrons. The molecule has 1 unspecified atom stereocenters. The highest BCUT2D eigenvalue weighted by atomic mass is 16.1. The topological polar surface area (TPSA) is 30.0 Å². The van der Waals surface area contributed by atoms with Gasteiger partial charge in [-0.2, -0.15) is 0 Å². The number of aromatic nitrogens is 1. The first-order valence-corrected chi connectivity index (χ1v) is 4.21. The SMILES string of the molecule is CCC(C=O)Cc1cccnc1. The van der Waals surface area contributed by atoms with E-state index in [4.69, 9.17) is 0 Å². The van der Waals surface area contributed by atoms with Crippen molar-refractivity contribution in [3.05, 3.63) is 30.1 Å². The van der Waals surface area contributed by atoms with E-state index < -0.39 is 0 Å². The monoisotopic (exact) mass is 163 g/mol. The molecule has 0 N–H and O–H groups in total. The van der Waals surface area contributed by atoms with Crippen molar-refractivity contribution >= 4 is 6.29 Å². The molecule has 0 spiro atoms. The maximum Gasteiger partial charge on any atom is 0.123 e. The van der Waals surface area contributed by atoms with Crippen LogP contribution in [0, 0.1) is 5.92 Å². The molecule has 2 nitrogen and oxygen atoms in total. The minimum atomic E-state index is 0.147. The fraction of sp³-hybridized carbons (Fsp3) is 0.400. The van der Waals surface area contributed by atoms with E-state index in [9.17, 15) is 4.79 Å². The Bertz CT molecular complexity index is 233. The average Bonchev–Trinajstić information content (AvgIpc) is 2.16. The first-order chi connectivity index (χ1) is 5.86. The third-order valence-electron chi connectivity index (χ3n) is 1.94. The van der Waals surface area contributed by atoms with Gasteiger partial charge >= 0.3 is 0 Å². The first kappa shape index (κ1) is 8.91. The molecule has 1 rings (SSSR count). The van der Waals surface area contributed by atoms with E-state index in [-0.39, 0.29) is 5.92 Å². The Morgan fingerprint density at radius 1 is 1.67 bits per heavy atom. The van der Waals surface area contributed by atoms with Gasteiger partial charge in [0.05, 0.1) is 0 Å². The van der Waals surface area contributed by atoms with Gasteiger partial charge in [-0.1, -0.05) is 13.0 Å². The minimum Gasteiger partial charge on any atom is -0.303 e. The zero-order valence-electron chi connectivity index (χ0n) is 7.23. The second kappa shape index (κ2) is 4.65. The van der Waals surface area contributed by atoms with Crippen LogP contribution < -0.4 is 0 Å². The lowest BCUT2D eigenvalue weighted by molar-refractivity contribution is -0.111. The van der Waals surface area contributed by atoms with Gasteiger partial charge in [-0.25, -0.2) is 0 Å². The van der Waals surface area contributed by atoms with E-state index in [2.05, 4.69) is 4.98 Å². The molecule has 0 aliphatic rings. The van der Waals surface area contributed by atoms with Crippen LogP contribution >= 0.6 is 0 Å². The summed E-state index contributed by atoms with van der Waals surface area (Å²) in [6.45, 7) is 2.02. The van der Waals surface area contributed by atoms with Crippen molar-refractivity contribution in [2.45, 2.75) is 19.8 Å². The third-order valence-corrected chi connectivity index (χ3v) is 1.94. The summed E-state index contributed by atoms with van der Waals surface area (Å²) in [5.74, 6) is 0.147. The molecule has 1 aromatic heterocycles. The highest BCUT2D eigenvalue weighted by Gasteiger charge is 2.04. The molecule has 0 bridgehead atoms. The normalized spacial score (nSPS) is 12.4. The molecule has 0 aliphatic carbocycles. The molecule has 0 aromatic carbocycles. The highest BCUT2D eigenvalue weighted by molar-refractivity contribution is 5.54. The number of nitrogens with zero attached hydrogens (tertiary/aromatic N) is 1. The molecule has 0 aliphatic heterocycles. The Morgan fingerprint density at radius 2 is 2.50 bits per heavy atom. The largest absolute Gasteiger partial charge is 0.303 e. The van der Waals surface area contributed by atoms with Crippen LogP contribution in [0.15, 0.2) is 24.5 Å². The Labute approximate surface area is 72.6 Å². The van der Waals surface area contributed by atoms with Crippen molar-refractivity contribution in [3.8, 4) is 0 Å². The summed E-state index contributed by atoms with van der Waals surface area (Å²) in [4.78, 5) is 14.5. The number of rotatable bonds is 4. The van der Waals surface area contributed by atoms with Gasteiger partial charge in [0.25, 0.3) is 0 Å². The molecule has 0 saturated heterocycles. The van der Waals surface area contributed by atoms with Gasteiger partial charge in [0, 0.05) is 18.3 Å². The standard InChI is InChI=1S/C10H13NO/c1-2-9(8-12)6-10-4-3-5-11-7-10/h3-5,7-9H,2,6H2,1H3. The predicted octanol–water partition coefficient (Wildman–Crippen LogP) is 1.85. The summed E-state index contributed by atoms with van der Waals surface area (Å²) < 4.78 is 0. The van der Waals surface area contributed by atoms with Crippen molar-refractivity contribution in [2.75, 3.05) is 0 Å². The van der Waals surface area contributed by atoms with E-state index in [0.29, 0.717) is 0 Å². The van der Waals surface area contributed by atoms with Crippen molar-refractivity contribution < 1.29 is 4.79 Å². The van der Waals surface area contributed by atoms with E-state index in [1.807, 2.05) is 25.3 Å². The van der Waals surface area contributed by atoms with Crippen LogP contribution in [-0.2, 0) is 11.2 Å². The van der Waals surface area contributed by atoms with E-state index in [1.54, 1.807) is 6.20 Å². The summed E-state index contributed by atoms with van der Waals surface area (Å²) in [6.07, 6.45) is 6.29. The van der Waals surface area contributed by atoms with Gasteiger partial charge in [0.2, 0.25) is 0 Å². The summed E-state index contributed by atoms with van der Waals surface area (Å²) >= 11 is 0. The second-order valence-corrected chi connectivity index (χ2v) is 2.87. The Morgan fingerprint density at radius 3 is 3.00 bits per heavy atom. The molecule has 1 heterocycles. The molecule has 0 amide bonds. The smallest absolute Gasteiger partial charge is 0.123 e. The van der Waals surface area contributed by atoms with Crippen LogP contribution in [-0.4, -0.2) is 11.3 Å². The van der Waals surface area contributed by atoms with Crippen LogP contribution in [0.4, 0.5) is 0 Å². The summed E-state index contributed by atoms with van der Waals surface area (Å²) in [7, 11) is 0. The minimum absolute atomic E-state index is 0.147. The number of carbonyl (C=O) groups is 1. The summed E-state index contributed by atoms with van der Waals surface area (Å²) in [5.41, 5.74) is 1.14. The fourth-order valence-corrected chi connectivity index (χ4v) is 1.11. The lowest BCUT2D eigenvalue weighted by Gasteiger charge is -2.05. The molecule has 0 fully saturated rings. The zero-order chi connectivity index (χ0) is 8.81. The summed E-state index contributed by atoms with van der Waals surface area (Å²) in [5, 5.41) is 0. The molecule has 1 atom stereocenters. The molecule has 1 aromatic rings. The van der Waals surface area contributed by atoms with Crippen molar-refractivity contribution in [2.24, 2.45) is 5.92 Å². The maximum absolute atomic E-state index is 10.5. The zero-order valence-corrected chi connectivity index (χ0v) is 7.23. The maximum atomic E-state index is 10.5. The number of aldehydes is 1. The predicted molar refractivity (Wildman–Crippen MR) is 47.8 cm³/mol. The Hall–Kier alpha value is -1.18. The number of carbonyl (C=O) groups excluding carboxylic acids is 1. The second-order valence-electron chi connectivity index (χ2n) is 2.87. The van der Waals surface area contributed by atoms with Crippen molar-refractivity contribution in [1.29, 1.82) is 0 Å². The van der Waals surface area contributed by atoms with Gasteiger partial charge in [-0.15, -0.1) is 0 Å². The third kappa shape index (κ3) is 2.46. The van der Waals surface area contributed by atoms with Gasteiger partial charge in [-0.05, 0) is 24.5 Å². The van der Waals surface area contributed by atoms with E-state index in [0.717, 1.165) is 24.7 Å². The van der Waals surface area contributed by atoms with Crippen molar-refractivity contribution in [3.63, 3.8) is 0 Å². The quantitative estimate of drug-likeness (QED) is 0.634. The average molecular weight is 163 g/mol. The first-order valence-electron chi connectivity index (χ1n) is 4.21. The van der Waals surface area contributed by atoms with Crippen LogP contribution in [0.25, 0.3) is 0 Å². The molecule has 0 saturated carbocycles. The molecular formula is C10H13NO. The van der Waals surface area contributed by atoms with E-state index in [1.165, 1.54) is 0 Å². The molecule has 2 heteroatoms. The van der Waals surface area contributed by atoms with Gasteiger partial charge in [0.15, 0.2) is 0 Å². The Kier molecular flexibility index (Phi) is 3.45. The van der Waals surface area contributed by atoms with Gasteiger partial charge in [0.1, 0.15) is 6.29 Å². The van der Waals surface area contributed by atoms with Crippen LogP contribution in [0.1, 0.15) is 18.9 Å². The molecular weight excluding hydrogens is 150 g/mol. The molecule has 0 radical (unpaired) electrons. The summed E-state index contributed by atoms with van der Waals surface area (Å²) in [6, 6.07) is 3.89. The lowest BCUT2D eigenvalue weighted by atomic mass is 10.00. The van der Waals surface area contributed by atoms with Gasteiger partial charge < -0.3 is 4.79 Å². The lowest BCUT2D eigenvalue weighted by Crippen LogP contribution is -2.04.